The predicted molar refractivity (Wildman–Crippen MR) is 88.6 cm³/mol. The molecule has 2 aromatic rings. The van der Waals surface area contributed by atoms with Gasteiger partial charge in [-0.2, -0.15) is 5.10 Å². The molecule has 5 nitrogen and oxygen atoms in total. The van der Waals surface area contributed by atoms with Gasteiger partial charge in [0.15, 0.2) is 5.69 Å². The first kappa shape index (κ1) is 14.6. The maximum absolute atomic E-state index is 13.0. The van der Waals surface area contributed by atoms with Crippen molar-refractivity contribution < 1.29 is 4.79 Å². The van der Waals surface area contributed by atoms with Crippen LogP contribution in [0.2, 0.25) is 0 Å². The molecule has 1 aliphatic rings. The van der Waals surface area contributed by atoms with Crippen LogP contribution in [0, 0.1) is 0 Å². The number of amides is 1. The van der Waals surface area contributed by atoms with Gasteiger partial charge in [-0.05, 0) is 38.0 Å². The highest BCUT2D eigenvalue weighted by Gasteiger charge is 2.30. The fourth-order valence-electron chi connectivity index (χ4n) is 2.94. The average Bonchev–Trinajstić information content (AvgIpc) is 2.97. The number of rotatable bonds is 2. The number of carbonyl (C=O) groups is 1. The summed E-state index contributed by atoms with van der Waals surface area (Å²) in [6, 6.07) is 10.1. The summed E-state index contributed by atoms with van der Waals surface area (Å²) in [6.07, 6.45) is 1.77. The number of fused-ring (bicyclic) bond motifs is 1. The van der Waals surface area contributed by atoms with Crippen LogP contribution >= 0.6 is 0 Å². The Kier molecular flexibility index (Phi) is 3.88. The van der Waals surface area contributed by atoms with E-state index in [1.165, 1.54) is 0 Å². The van der Waals surface area contributed by atoms with Gasteiger partial charge in [0, 0.05) is 25.3 Å². The van der Waals surface area contributed by atoms with Crippen LogP contribution in [0.25, 0.3) is 0 Å². The first-order valence-electron chi connectivity index (χ1n) is 7.79. The molecule has 1 aromatic carbocycles. The number of hydrogen-bond donors (Lipinski definition) is 1. The van der Waals surface area contributed by atoms with Crippen LogP contribution in [0.1, 0.15) is 36.5 Å². The van der Waals surface area contributed by atoms with Crippen molar-refractivity contribution in [2.24, 2.45) is 0 Å². The van der Waals surface area contributed by atoms with E-state index in [1.807, 2.05) is 36.1 Å². The Morgan fingerprint density at radius 3 is 2.77 bits per heavy atom. The van der Waals surface area contributed by atoms with Gasteiger partial charge in [-0.25, -0.2) is 0 Å². The van der Waals surface area contributed by atoms with E-state index in [0.29, 0.717) is 5.69 Å². The number of benzene rings is 1. The zero-order valence-electron chi connectivity index (χ0n) is 13.3. The van der Waals surface area contributed by atoms with Gasteiger partial charge >= 0.3 is 0 Å². The van der Waals surface area contributed by atoms with E-state index in [0.717, 1.165) is 36.5 Å². The lowest BCUT2D eigenvalue weighted by atomic mass is 10.1. The highest BCUT2D eigenvalue weighted by Crippen LogP contribution is 2.34. The first-order chi connectivity index (χ1) is 10.6. The van der Waals surface area contributed by atoms with Gasteiger partial charge in [-0.1, -0.05) is 19.1 Å². The number of aromatic nitrogens is 2. The zero-order valence-corrected chi connectivity index (χ0v) is 13.3. The van der Waals surface area contributed by atoms with Gasteiger partial charge in [0.2, 0.25) is 0 Å². The van der Waals surface area contributed by atoms with E-state index in [-0.39, 0.29) is 11.9 Å². The Morgan fingerprint density at radius 2 is 2.09 bits per heavy atom. The lowest BCUT2D eigenvalue weighted by Crippen LogP contribution is -2.38. The molecule has 0 saturated carbocycles. The number of aromatic amines is 1. The molecular formula is C17H22N4O. The second-order valence-corrected chi connectivity index (χ2v) is 5.86. The Labute approximate surface area is 130 Å². The Balaban J connectivity index is 2.03. The molecule has 3 rings (SSSR count). The Bertz CT molecular complexity index is 679. The van der Waals surface area contributed by atoms with Crippen LogP contribution < -0.4 is 9.80 Å². The molecule has 5 heteroatoms. The quantitative estimate of drug-likeness (QED) is 0.927. The Morgan fingerprint density at radius 1 is 1.36 bits per heavy atom. The summed E-state index contributed by atoms with van der Waals surface area (Å²) < 4.78 is 0. The number of nitrogens with zero attached hydrogens (tertiary/aromatic N) is 3. The van der Waals surface area contributed by atoms with Crippen LogP contribution in [0.3, 0.4) is 0 Å². The van der Waals surface area contributed by atoms with E-state index < -0.39 is 0 Å². The summed E-state index contributed by atoms with van der Waals surface area (Å²) in [5, 5.41) is 7.12. The van der Waals surface area contributed by atoms with E-state index >= 15 is 0 Å². The molecule has 1 amide bonds. The maximum atomic E-state index is 13.0. The lowest BCUT2D eigenvalue weighted by Gasteiger charge is -2.27. The topological polar surface area (TPSA) is 52.2 Å². The molecule has 1 atom stereocenters. The number of hydrogen-bond acceptors (Lipinski definition) is 3. The van der Waals surface area contributed by atoms with Gasteiger partial charge in [-0.15, -0.1) is 0 Å². The fourth-order valence-corrected chi connectivity index (χ4v) is 2.94. The standard InChI is InChI=1S/C17H22N4O/c1-4-13-11-14(19-18-13)17(22)21-12(2)9-10-20(3)15-7-5-6-8-16(15)21/h5-8,11-12H,4,9-10H2,1-3H3,(H,18,19). The van der Waals surface area contributed by atoms with Gasteiger partial charge in [0.1, 0.15) is 0 Å². The maximum Gasteiger partial charge on any atom is 0.279 e. The van der Waals surface area contributed by atoms with Crippen molar-refractivity contribution in [2.75, 3.05) is 23.4 Å². The second kappa shape index (κ2) is 5.83. The van der Waals surface area contributed by atoms with Crippen LogP contribution in [0.15, 0.2) is 30.3 Å². The highest BCUT2D eigenvalue weighted by molar-refractivity contribution is 6.07. The monoisotopic (exact) mass is 298 g/mol. The lowest BCUT2D eigenvalue weighted by molar-refractivity contribution is 0.0973. The molecule has 0 fully saturated rings. The number of nitrogens with one attached hydrogen (secondary N) is 1. The molecule has 1 N–H and O–H groups in total. The van der Waals surface area contributed by atoms with Gasteiger partial charge in [0.05, 0.1) is 11.4 Å². The molecule has 1 unspecified atom stereocenters. The first-order valence-corrected chi connectivity index (χ1v) is 7.79. The van der Waals surface area contributed by atoms with E-state index in [1.54, 1.807) is 0 Å². The van der Waals surface area contributed by atoms with Crippen LogP contribution in [0.5, 0.6) is 0 Å². The summed E-state index contributed by atoms with van der Waals surface area (Å²) in [5.41, 5.74) is 3.52. The summed E-state index contributed by atoms with van der Waals surface area (Å²) in [6.45, 7) is 5.07. The summed E-state index contributed by atoms with van der Waals surface area (Å²) in [5.74, 6) is -0.0359. The van der Waals surface area contributed by atoms with E-state index in [2.05, 4.69) is 35.1 Å². The van der Waals surface area contributed by atoms with Crippen LogP contribution in [0.4, 0.5) is 11.4 Å². The molecule has 2 heterocycles. The van der Waals surface area contributed by atoms with Gasteiger partial charge < -0.3 is 9.80 Å². The molecule has 1 aliphatic heterocycles. The molecule has 0 spiro atoms. The molecule has 0 bridgehead atoms. The normalized spacial score (nSPS) is 18.0. The smallest absolute Gasteiger partial charge is 0.279 e. The number of H-pyrrole nitrogens is 1. The second-order valence-electron chi connectivity index (χ2n) is 5.86. The van der Waals surface area contributed by atoms with Gasteiger partial charge in [0.25, 0.3) is 5.91 Å². The van der Waals surface area contributed by atoms with Gasteiger partial charge in [-0.3, -0.25) is 9.89 Å². The third-order valence-electron chi connectivity index (χ3n) is 4.33. The van der Waals surface area contributed by atoms with Crippen LogP contribution in [-0.4, -0.2) is 35.7 Å². The Hall–Kier alpha value is -2.30. The molecule has 0 radical (unpaired) electrons. The fraction of sp³-hybridized carbons (Fsp3) is 0.412. The van der Waals surface area contributed by atoms with Crippen LogP contribution in [-0.2, 0) is 6.42 Å². The number of para-hydroxylation sites is 2. The van der Waals surface area contributed by atoms with Crippen molar-refractivity contribution in [3.05, 3.63) is 41.7 Å². The molecule has 116 valence electrons. The molecule has 0 saturated heterocycles. The molecule has 22 heavy (non-hydrogen) atoms. The summed E-state index contributed by atoms with van der Waals surface area (Å²) in [7, 11) is 2.07. The van der Waals surface area contributed by atoms with Crippen molar-refractivity contribution in [1.82, 2.24) is 10.2 Å². The minimum Gasteiger partial charge on any atom is -0.373 e. The number of aryl methyl sites for hydroxylation is 1. The minimum atomic E-state index is -0.0359. The average molecular weight is 298 g/mol. The van der Waals surface area contributed by atoms with Crippen molar-refractivity contribution in [2.45, 2.75) is 32.7 Å². The third-order valence-corrected chi connectivity index (χ3v) is 4.33. The van der Waals surface area contributed by atoms with Crippen molar-refractivity contribution in [3.63, 3.8) is 0 Å². The largest absolute Gasteiger partial charge is 0.373 e. The SMILES string of the molecule is CCc1cc(C(=O)N2c3ccccc3N(C)CCC2C)n[nH]1. The summed E-state index contributed by atoms with van der Waals surface area (Å²) in [4.78, 5) is 17.1. The third kappa shape index (κ3) is 2.47. The number of carbonyl (C=O) groups excluding carboxylic acids is 1. The highest BCUT2D eigenvalue weighted by atomic mass is 16.2. The van der Waals surface area contributed by atoms with E-state index in [9.17, 15) is 4.79 Å². The molecular weight excluding hydrogens is 276 g/mol. The summed E-state index contributed by atoms with van der Waals surface area (Å²) >= 11 is 0. The molecule has 0 aliphatic carbocycles. The predicted octanol–water partition coefficient (Wildman–Crippen LogP) is 2.85. The van der Waals surface area contributed by atoms with Crippen molar-refractivity contribution in [1.29, 1.82) is 0 Å². The van der Waals surface area contributed by atoms with E-state index in [4.69, 9.17) is 0 Å². The minimum absolute atomic E-state index is 0.0359. The van der Waals surface area contributed by atoms with Crippen molar-refractivity contribution in [3.8, 4) is 0 Å². The molecule has 1 aromatic heterocycles. The zero-order chi connectivity index (χ0) is 15.7. The van der Waals surface area contributed by atoms with Crippen molar-refractivity contribution >= 4 is 17.3 Å². The number of anilines is 2.